The lowest BCUT2D eigenvalue weighted by atomic mass is 10.1. The molecule has 0 spiro atoms. The van der Waals surface area contributed by atoms with E-state index in [9.17, 15) is 9.46 Å². The fraction of sp³-hybridized carbons (Fsp3) is 1.00. The minimum Gasteiger partial charge on any atom is -0.324 e. The van der Waals surface area contributed by atoms with Crippen LogP contribution in [0, 0.1) is 0 Å². The molecule has 0 amide bonds. The molecule has 0 aromatic heterocycles. The molecular weight excluding hydrogens is 211 g/mol. The molecule has 2 unspecified atom stereocenters. The Morgan fingerprint density at radius 2 is 1.87 bits per heavy atom. The van der Waals surface area contributed by atoms with Crippen molar-refractivity contribution in [2.24, 2.45) is 0 Å². The van der Waals surface area contributed by atoms with Crippen LogP contribution in [0.4, 0.5) is 0 Å². The third-order valence-electron chi connectivity index (χ3n) is 2.32. The van der Waals surface area contributed by atoms with Gasteiger partial charge in [0, 0.05) is 6.16 Å². The monoisotopic (exact) mass is 236 g/mol. The van der Waals surface area contributed by atoms with E-state index < -0.39 is 7.60 Å². The highest BCUT2D eigenvalue weighted by molar-refractivity contribution is 7.52. The highest BCUT2D eigenvalue weighted by Gasteiger charge is 2.20. The lowest BCUT2D eigenvalue weighted by Crippen LogP contribution is -2.07. The summed E-state index contributed by atoms with van der Waals surface area (Å²) >= 11 is 0. The van der Waals surface area contributed by atoms with Crippen molar-refractivity contribution in [3.63, 3.8) is 0 Å². The summed E-state index contributed by atoms with van der Waals surface area (Å²) in [5.41, 5.74) is 0. The van der Waals surface area contributed by atoms with Crippen molar-refractivity contribution in [2.75, 3.05) is 6.16 Å². The summed E-state index contributed by atoms with van der Waals surface area (Å²) in [7, 11) is -3.30. The van der Waals surface area contributed by atoms with Crippen molar-refractivity contribution in [3.8, 4) is 0 Å². The van der Waals surface area contributed by atoms with Crippen molar-refractivity contribution in [1.29, 1.82) is 0 Å². The molecule has 0 aromatic carbocycles. The summed E-state index contributed by atoms with van der Waals surface area (Å²) in [6, 6.07) is 0. The zero-order valence-corrected chi connectivity index (χ0v) is 11.1. The van der Waals surface area contributed by atoms with Gasteiger partial charge >= 0.3 is 7.60 Å². The Morgan fingerprint density at radius 1 is 1.20 bits per heavy atom. The topological polar surface area (TPSA) is 46.5 Å². The summed E-state index contributed by atoms with van der Waals surface area (Å²) in [6.45, 7) is 5.94. The second kappa shape index (κ2) is 8.32. The minimum atomic E-state index is -3.30. The Morgan fingerprint density at radius 3 is 2.40 bits per heavy atom. The molecule has 4 heteroatoms. The predicted octanol–water partition coefficient (Wildman–Crippen LogP) is 3.96. The first-order chi connectivity index (χ1) is 7.02. The van der Waals surface area contributed by atoms with E-state index in [1.807, 2.05) is 13.8 Å². The molecular formula is C11H25O3P. The summed E-state index contributed by atoms with van der Waals surface area (Å²) in [6.07, 6.45) is 6.47. The molecule has 15 heavy (non-hydrogen) atoms. The summed E-state index contributed by atoms with van der Waals surface area (Å²) < 4.78 is 16.6. The second-order valence-electron chi connectivity index (χ2n) is 4.13. The molecule has 0 bridgehead atoms. The standard InChI is InChI=1S/C11H25O3P/c1-4-6-7-8-9-11(3)14-15(12,13)10-5-2/h11H,4-10H2,1-3H3,(H,12,13). The third-order valence-corrected chi connectivity index (χ3v) is 4.02. The molecule has 0 radical (unpaired) electrons. The van der Waals surface area contributed by atoms with Crippen LogP contribution < -0.4 is 0 Å². The molecule has 92 valence electrons. The first-order valence-corrected chi connectivity index (χ1v) is 7.78. The van der Waals surface area contributed by atoms with E-state index >= 15 is 0 Å². The molecule has 0 heterocycles. The van der Waals surface area contributed by atoms with Crippen LogP contribution >= 0.6 is 7.60 Å². The lowest BCUT2D eigenvalue weighted by molar-refractivity contribution is 0.177. The lowest BCUT2D eigenvalue weighted by Gasteiger charge is -2.17. The average Bonchev–Trinajstić information content (AvgIpc) is 2.11. The van der Waals surface area contributed by atoms with Gasteiger partial charge in [-0.05, 0) is 19.8 Å². The highest BCUT2D eigenvalue weighted by atomic mass is 31.2. The molecule has 0 saturated heterocycles. The zero-order valence-electron chi connectivity index (χ0n) is 10.2. The van der Waals surface area contributed by atoms with Gasteiger partial charge in [-0.1, -0.05) is 39.5 Å². The summed E-state index contributed by atoms with van der Waals surface area (Å²) in [4.78, 5) is 9.42. The highest BCUT2D eigenvalue weighted by Crippen LogP contribution is 2.44. The Balaban J connectivity index is 3.63. The van der Waals surface area contributed by atoms with Crippen LogP contribution in [0.15, 0.2) is 0 Å². The Kier molecular flexibility index (Phi) is 8.40. The maximum atomic E-state index is 11.4. The van der Waals surface area contributed by atoms with Crippen LogP contribution in [0.2, 0.25) is 0 Å². The maximum Gasteiger partial charge on any atom is 0.328 e. The van der Waals surface area contributed by atoms with Crippen LogP contribution in [-0.4, -0.2) is 17.2 Å². The minimum absolute atomic E-state index is 0.0933. The van der Waals surface area contributed by atoms with Gasteiger partial charge in [0.25, 0.3) is 0 Å². The Labute approximate surface area is 93.8 Å². The van der Waals surface area contributed by atoms with Crippen LogP contribution in [0.1, 0.15) is 59.3 Å². The summed E-state index contributed by atoms with van der Waals surface area (Å²) in [5.74, 6) is 0. The number of hydrogen-bond acceptors (Lipinski definition) is 2. The maximum absolute atomic E-state index is 11.4. The largest absolute Gasteiger partial charge is 0.328 e. The van der Waals surface area contributed by atoms with E-state index in [0.29, 0.717) is 6.42 Å². The first-order valence-electron chi connectivity index (χ1n) is 6.02. The first kappa shape index (κ1) is 15.2. The molecule has 0 fully saturated rings. The molecule has 0 saturated carbocycles. The number of unbranched alkanes of at least 4 members (excludes halogenated alkanes) is 3. The zero-order chi connectivity index (χ0) is 11.7. The van der Waals surface area contributed by atoms with Gasteiger partial charge in [-0.3, -0.25) is 4.57 Å². The van der Waals surface area contributed by atoms with Crippen LogP contribution in [0.5, 0.6) is 0 Å². The molecule has 0 aliphatic rings. The van der Waals surface area contributed by atoms with Gasteiger partial charge in [0.05, 0.1) is 6.10 Å². The molecule has 0 aromatic rings. The Hall–Kier alpha value is 0.150. The second-order valence-corrected chi connectivity index (χ2v) is 6.06. The van der Waals surface area contributed by atoms with Gasteiger partial charge in [0.1, 0.15) is 0 Å². The van der Waals surface area contributed by atoms with Gasteiger partial charge in [-0.25, -0.2) is 0 Å². The molecule has 0 rings (SSSR count). The molecule has 0 aliphatic heterocycles. The van der Waals surface area contributed by atoms with Crippen molar-refractivity contribution < 1.29 is 14.0 Å². The van der Waals surface area contributed by atoms with E-state index in [-0.39, 0.29) is 12.3 Å². The van der Waals surface area contributed by atoms with Gasteiger partial charge in [-0.2, -0.15) is 0 Å². The van der Waals surface area contributed by atoms with Gasteiger partial charge in [0.15, 0.2) is 0 Å². The van der Waals surface area contributed by atoms with E-state index in [1.165, 1.54) is 19.3 Å². The van der Waals surface area contributed by atoms with Gasteiger partial charge in [0.2, 0.25) is 0 Å². The average molecular weight is 236 g/mol. The van der Waals surface area contributed by atoms with E-state index in [1.54, 1.807) is 0 Å². The van der Waals surface area contributed by atoms with Crippen molar-refractivity contribution in [2.45, 2.75) is 65.4 Å². The van der Waals surface area contributed by atoms with E-state index in [0.717, 1.165) is 12.8 Å². The van der Waals surface area contributed by atoms with Crippen molar-refractivity contribution in [1.82, 2.24) is 0 Å². The van der Waals surface area contributed by atoms with Crippen molar-refractivity contribution in [3.05, 3.63) is 0 Å². The predicted molar refractivity (Wildman–Crippen MR) is 64.3 cm³/mol. The normalized spacial score (nSPS) is 17.3. The summed E-state index contributed by atoms with van der Waals surface area (Å²) in [5, 5.41) is 0. The Bertz CT molecular complexity index is 194. The molecule has 2 atom stereocenters. The fourth-order valence-corrected chi connectivity index (χ4v) is 2.87. The third kappa shape index (κ3) is 9.10. The fourth-order valence-electron chi connectivity index (χ4n) is 1.53. The van der Waals surface area contributed by atoms with Crippen LogP contribution in [-0.2, 0) is 9.09 Å². The van der Waals surface area contributed by atoms with Crippen molar-refractivity contribution >= 4 is 7.60 Å². The quantitative estimate of drug-likeness (QED) is 0.487. The van der Waals surface area contributed by atoms with Gasteiger partial charge < -0.3 is 9.42 Å². The number of rotatable bonds is 9. The SMILES string of the molecule is CCCCCCC(C)OP(=O)(O)CCC. The smallest absolute Gasteiger partial charge is 0.324 e. The molecule has 0 aliphatic carbocycles. The molecule has 3 nitrogen and oxygen atoms in total. The molecule has 1 N–H and O–H groups in total. The van der Waals surface area contributed by atoms with Crippen LogP contribution in [0.3, 0.4) is 0 Å². The van der Waals surface area contributed by atoms with E-state index in [2.05, 4.69) is 6.92 Å². The van der Waals surface area contributed by atoms with Crippen LogP contribution in [0.25, 0.3) is 0 Å². The number of hydrogen-bond donors (Lipinski definition) is 1. The van der Waals surface area contributed by atoms with Gasteiger partial charge in [-0.15, -0.1) is 0 Å². The van der Waals surface area contributed by atoms with E-state index in [4.69, 9.17) is 4.52 Å².